The van der Waals surface area contributed by atoms with Crippen LogP contribution in [0.1, 0.15) is 24.3 Å². The third kappa shape index (κ3) is 6.39. The molecule has 0 unspecified atom stereocenters. The van der Waals surface area contributed by atoms with Gasteiger partial charge in [-0.2, -0.15) is 0 Å². The molecular weight excluding hydrogens is 520 g/mol. The van der Waals surface area contributed by atoms with Crippen LogP contribution in [-0.4, -0.2) is 86.5 Å². The minimum Gasteiger partial charge on any atom is -0.744 e. The number of pyridine rings is 1. The molecule has 1 aliphatic rings. The SMILES string of the molecule is CC(C)Nc1cccnc1[N+]1(CS(=O)(=O)[O-])CCN(C(=O)c2cc3cc(NS(C)(=O)=O)ccc3[nH]2)CC1. The molecule has 0 aliphatic carbocycles. The van der Waals surface area contributed by atoms with E-state index in [2.05, 4.69) is 20.0 Å². The maximum absolute atomic E-state index is 13.3. The predicted octanol–water partition coefficient (Wildman–Crippen LogP) is 1.72. The predicted molar refractivity (Wildman–Crippen MR) is 142 cm³/mol. The molecule has 0 spiro atoms. The van der Waals surface area contributed by atoms with Gasteiger partial charge in [0.15, 0.2) is 5.88 Å². The molecule has 0 bridgehead atoms. The third-order valence-corrected chi connectivity index (χ3v) is 7.54. The number of anilines is 2. The Bertz CT molecular complexity index is 1530. The normalized spacial score (nSPS) is 16.2. The quantitative estimate of drug-likeness (QED) is 0.282. The van der Waals surface area contributed by atoms with Gasteiger partial charge in [0.25, 0.3) is 11.7 Å². The van der Waals surface area contributed by atoms with E-state index in [-0.39, 0.29) is 42.6 Å². The van der Waals surface area contributed by atoms with Crippen molar-refractivity contribution in [2.24, 2.45) is 0 Å². The summed E-state index contributed by atoms with van der Waals surface area (Å²) in [4.78, 5) is 22.4. The van der Waals surface area contributed by atoms with Crippen molar-refractivity contribution in [2.75, 3.05) is 48.4 Å². The Kier molecular flexibility index (Phi) is 7.21. The second kappa shape index (κ2) is 9.93. The zero-order chi connectivity index (χ0) is 27.0. The molecule has 0 saturated carbocycles. The fraction of sp³-hybridized carbons (Fsp3) is 0.391. The number of benzene rings is 1. The Morgan fingerprint density at radius 2 is 1.86 bits per heavy atom. The van der Waals surface area contributed by atoms with Crippen LogP contribution in [0.25, 0.3) is 10.9 Å². The largest absolute Gasteiger partial charge is 0.744 e. The van der Waals surface area contributed by atoms with E-state index < -0.39 is 26.0 Å². The van der Waals surface area contributed by atoms with Crippen molar-refractivity contribution in [3.63, 3.8) is 0 Å². The molecular formula is C23H30N6O6S2. The van der Waals surface area contributed by atoms with Gasteiger partial charge in [-0.1, -0.05) is 0 Å². The lowest BCUT2D eigenvalue weighted by atomic mass is 10.2. The highest BCUT2D eigenvalue weighted by Crippen LogP contribution is 2.32. The fourth-order valence-electron chi connectivity index (χ4n) is 4.65. The maximum Gasteiger partial charge on any atom is 0.270 e. The molecule has 37 heavy (non-hydrogen) atoms. The van der Waals surface area contributed by atoms with E-state index >= 15 is 0 Å². The van der Waals surface area contributed by atoms with Crippen LogP contribution >= 0.6 is 0 Å². The molecule has 0 atom stereocenters. The van der Waals surface area contributed by atoms with Crippen LogP contribution in [0.5, 0.6) is 0 Å². The van der Waals surface area contributed by atoms with Gasteiger partial charge in [-0.3, -0.25) is 14.0 Å². The minimum atomic E-state index is -4.60. The number of carbonyl (C=O) groups excluding carboxylic acids is 1. The molecule has 1 amide bonds. The molecule has 200 valence electrons. The van der Waals surface area contributed by atoms with E-state index in [0.717, 1.165) is 6.26 Å². The maximum atomic E-state index is 13.3. The number of H-pyrrole nitrogens is 1. The Hall–Kier alpha value is -3.20. The van der Waals surface area contributed by atoms with E-state index in [1.807, 2.05) is 13.8 Å². The van der Waals surface area contributed by atoms with Gasteiger partial charge in [-0.05, 0) is 50.2 Å². The summed E-state index contributed by atoms with van der Waals surface area (Å²) in [6.07, 6.45) is 2.62. The highest BCUT2D eigenvalue weighted by atomic mass is 32.2. The molecule has 0 radical (unpaired) electrons. The molecule has 3 N–H and O–H groups in total. The number of hydrogen-bond acceptors (Lipinski definition) is 8. The highest BCUT2D eigenvalue weighted by Gasteiger charge is 2.41. The van der Waals surface area contributed by atoms with Gasteiger partial charge < -0.3 is 19.8 Å². The number of amides is 1. The lowest BCUT2D eigenvalue weighted by molar-refractivity contribution is 0.0652. The summed E-state index contributed by atoms with van der Waals surface area (Å²) in [5, 5.41) is 3.93. The van der Waals surface area contributed by atoms with Crippen LogP contribution in [0.3, 0.4) is 0 Å². The van der Waals surface area contributed by atoms with Crippen LogP contribution in [0.2, 0.25) is 0 Å². The zero-order valence-electron chi connectivity index (χ0n) is 20.8. The average Bonchev–Trinajstić information content (AvgIpc) is 3.20. The lowest BCUT2D eigenvalue weighted by Gasteiger charge is -2.44. The number of nitrogens with zero attached hydrogens (tertiary/aromatic N) is 3. The molecule has 1 aromatic carbocycles. The summed E-state index contributed by atoms with van der Waals surface area (Å²) >= 11 is 0. The van der Waals surface area contributed by atoms with E-state index in [9.17, 15) is 26.2 Å². The molecule has 4 rings (SSSR count). The number of sulfonamides is 1. The fourth-order valence-corrected chi connectivity index (χ4v) is 6.19. The molecule has 3 aromatic rings. The van der Waals surface area contributed by atoms with Gasteiger partial charge in [0, 0.05) is 28.8 Å². The van der Waals surface area contributed by atoms with Gasteiger partial charge in [0.05, 0.1) is 19.3 Å². The number of hydrogen-bond donors (Lipinski definition) is 3. The topological polar surface area (TPSA) is 164 Å². The Morgan fingerprint density at radius 3 is 2.49 bits per heavy atom. The summed E-state index contributed by atoms with van der Waals surface area (Å²) in [6, 6.07) is 10.2. The molecule has 3 heterocycles. The second-order valence-electron chi connectivity index (χ2n) is 9.60. The van der Waals surface area contributed by atoms with Crippen molar-refractivity contribution in [2.45, 2.75) is 19.9 Å². The number of piperazine rings is 1. The van der Waals surface area contributed by atoms with E-state index in [1.54, 1.807) is 47.5 Å². The van der Waals surface area contributed by atoms with Crippen molar-refractivity contribution >= 4 is 54.1 Å². The average molecular weight is 551 g/mol. The molecule has 2 aromatic heterocycles. The molecule has 1 saturated heterocycles. The Morgan fingerprint density at radius 1 is 1.16 bits per heavy atom. The summed E-state index contributed by atoms with van der Waals surface area (Å²) in [5.74, 6) is -0.487. The number of quaternary nitrogens is 1. The summed E-state index contributed by atoms with van der Waals surface area (Å²) in [5.41, 5.74) is 2.02. The molecule has 1 fully saturated rings. The number of rotatable bonds is 8. The van der Waals surface area contributed by atoms with Crippen LogP contribution in [0.15, 0.2) is 42.6 Å². The number of fused-ring (bicyclic) bond motifs is 1. The minimum absolute atomic E-state index is 0.0601. The first-order valence-corrected chi connectivity index (χ1v) is 15.1. The van der Waals surface area contributed by atoms with Crippen molar-refractivity contribution < 1.29 is 26.2 Å². The van der Waals surface area contributed by atoms with Crippen LogP contribution in [-0.2, 0) is 20.1 Å². The number of aromatic amines is 1. The standard InChI is InChI=1S/C23H30N6O6S2/c1-16(2)25-20-5-4-8-24-22(20)29(15-37(33,34)35)11-9-28(10-12-29)23(30)21-14-17-13-18(27-36(3,31)32)6-7-19(17)26-21/h4-8,13-14,16,25,27H,9-12,15H2,1-3H3,(H-,26,30,33,34,35). The molecule has 12 nitrogen and oxygen atoms in total. The third-order valence-electron chi connectivity index (χ3n) is 6.12. The van der Waals surface area contributed by atoms with E-state index in [0.29, 0.717) is 33.8 Å². The lowest BCUT2D eigenvalue weighted by Crippen LogP contribution is -2.63. The summed E-state index contributed by atoms with van der Waals surface area (Å²) in [7, 11) is -8.05. The Labute approximate surface area is 216 Å². The van der Waals surface area contributed by atoms with Gasteiger partial charge in [-0.15, -0.1) is 0 Å². The highest BCUT2D eigenvalue weighted by molar-refractivity contribution is 7.92. The first-order chi connectivity index (χ1) is 17.2. The first-order valence-electron chi connectivity index (χ1n) is 11.7. The van der Waals surface area contributed by atoms with Crippen molar-refractivity contribution in [3.8, 4) is 0 Å². The van der Waals surface area contributed by atoms with Gasteiger partial charge in [0.1, 0.15) is 34.6 Å². The number of carbonyl (C=O) groups is 1. The monoisotopic (exact) mass is 550 g/mol. The molecule has 14 heteroatoms. The Balaban J connectivity index is 1.58. The van der Waals surface area contributed by atoms with Crippen LogP contribution in [0.4, 0.5) is 17.2 Å². The zero-order valence-corrected chi connectivity index (χ0v) is 22.4. The summed E-state index contributed by atoms with van der Waals surface area (Å²) < 4.78 is 61.0. The first kappa shape index (κ1) is 26.9. The van der Waals surface area contributed by atoms with Gasteiger partial charge in [0.2, 0.25) is 10.0 Å². The van der Waals surface area contributed by atoms with Crippen LogP contribution < -0.4 is 14.5 Å². The van der Waals surface area contributed by atoms with Crippen LogP contribution in [0, 0.1) is 0 Å². The molecule has 1 aliphatic heterocycles. The van der Waals surface area contributed by atoms with Gasteiger partial charge >= 0.3 is 0 Å². The van der Waals surface area contributed by atoms with Crippen molar-refractivity contribution in [3.05, 3.63) is 48.3 Å². The van der Waals surface area contributed by atoms with Crippen molar-refractivity contribution in [1.82, 2.24) is 19.4 Å². The number of nitrogens with one attached hydrogen (secondary N) is 3. The van der Waals surface area contributed by atoms with Gasteiger partial charge in [-0.25, -0.2) is 21.8 Å². The number of aromatic nitrogens is 2. The summed E-state index contributed by atoms with van der Waals surface area (Å²) in [6.45, 7) is 4.70. The second-order valence-corrected chi connectivity index (χ2v) is 12.7. The smallest absolute Gasteiger partial charge is 0.270 e. The van der Waals surface area contributed by atoms with E-state index in [1.165, 1.54) is 0 Å². The van der Waals surface area contributed by atoms with Crippen molar-refractivity contribution in [1.29, 1.82) is 0 Å². The van der Waals surface area contributed by atoms with E-state index in [4.69, 9.17) is 0 Å².